The first-order valence-corrected chi connectivity index (χ1v) is 6.51. The maximum absolute atomic E-state index is 12.8. The zero-order chi connectivity index (χ0) is 15.9. The molecule has 1 aromatic heterocycles. The fraction of sp³-hybridized carbons (Fsp3) is 0.125. The van der Waals surface area contributed by atoms with Gasteiger partial charge in [-0.05, 0) is 24.3 Å². The van der Waals surface area contributed by atoms with Gasteiger partial charge in [0.1, 0.15) is 5.69 Å². The van der Waals surface area contributed by atoms with Crippen molar-refractivity contribution in [1.82, 2.24) is 9.55 Å². The molecule has 0 saturated heterocycles. The van der Waals surface area contributed by atoms with E-state index >= 15 is 0 Å². The SMILES string of the molecule is Cn1c(=O)c(-c2cccc(C(F)(F)F)c2)nc2ccccc21. The van der Waals surface area contributed by atoms with Gasteiger partial charge >= 0.3 is 6.18 Å². The van der Waals surface area contributed by atoms with Gasteiger partial charge in [0, 0.05) is 12.6 Å². The Bertz CT molecular complexity index is 913. The number of halogens is 3. The standard InChI is InChI=1S/C16H11F3N2O/c1-21-13-8-3-2-7-12(13)20-14(15(21)22)10-5-4-6-11(9-10)16(17,18)19/h2-9H,1H3. The molecule has 0 aliphatic rings. The molecule has 0 unspecified atom stereocenters. The monoisotopic (exact) mass is 304 g/mol. The van der Waals surface area contributed by atoms with Crippen molar-refractivity contribution in [3.05, 3.63) is 64.4 Å². The summed E-state index contributed by atoms with van der Waals surface area (Å²) in [4.78, 5) is 16.6. The Morgan fingerprint density at radius 2 is 1.77 bits per heavy atom. The summed E-state index contributed by atoms with van der Waals surface area (Å²) in [5.41, 5.74) is 0.105. The maximum Gasteiger partial charge on any atom is 0.416 e. The molecule has 22 heavy (non-hydrogen) atoms. The highest BCUT2D eigenvalue weighted by Crippen LogP contribution is 2.31. The van der Waals surface area contributed by atoms with Gasteiger partial charge in [0.05, 0.1) is 16.6 Å². The number of benzene rings is 2. The van der Waals surface area contributed by atoms with Crippen LogP contribution in [0.2, 0.25) is 0 Å². The van der Waals surface area contributed by atoms with Crippen LogP contribution in [0, 0.1) is 0 Å². The van der Waals surface area contributed by atoms with Gasteiger partial charge in [0.2, 0.25) is 0 Å². The van der Waals surface area contributed by atoms with Gasteiger partial charge in [0.15, 0.2) is 0 Å². The molecule has 0 aliphatic heterocycles. The summed E-state index contributed by atoms with van der Waals surface area (Å²) in [6.07, 6.45) is -4.46. The Morgan fingerprint density at radius 3 is 2.50 bits per heavy atom. The van der Waals surface area contributed by atoms with Gasteiger partial charge in [-0.25, -0.2) is 4.98 Å². The Balaban J connectivity index is 2.27. The molecule has 0 aliphatic carbocycles. The number of rotatable bonds is 1. The fourth-order valence-corrected chi connectivity index (χ4v) is 2.31. The van der Waals surface area contributed by atoms with Gasteiger partial charge in [-0.15, -0.1) is 0 Å². The third kappa shape index (κ3) is 2.36. The van der Waals surface area contributed by atoms with E-state index in [0.717, 1.165) is 12.1 Å². The predicted octanol–water partition coefficient (Wildman–Crippen LogP) is 3.62. The van der Waals surface area contributed by atoms with Gasteiger partial charge in [0.25, 0.3) is 5.56 Å². The molecular weight excluding hydrogens is 293 g/mol. The molecule has 112 valence electrons. The van der Waals surface area contributed by atoms with Crippen molar-refractivity contribution in [2.24, 2.45) is 7.05 Å². The molecule has 0 amide bonds. The van der Waals surface area contributed by atoms with Crippen LogP contribution in [0.4, 0.5) is 13.2 Å². The predicted molar refractivity (Wildman–Crippen MR) is 77.4 cm³/mol. The third-order valence-corrected chi connectivity index (χ3v) is 3.45. The van der Waals surface area contributed by atoms with E-state index in [1.54, 1.807) is 31.3 Å². The van der Waals surface area contributed by atoms with Crippen LogP contribution in [0.15, 0.2) is 53.3 Å². The molecule has 1 heterocycles. The van der Waals surface area contributed by atoms with Crippen LogP contribution in [-0.2, 0) is 13.2 Å². The topological polar surface area (TPSA) is 34.9 Å². The molecule has 3 nitrogen and oxygen atoms in total. The molecule has 6 heteroatoms. The number of alkyl halides is 3. The summed E-state index contributed by atoms with van der Waals surface area (Å²) in [6, 6.07) is 11.6. The maximum atomic E-state index is 12.8. The second kappa shape index (κ2) is 4.98. The van der Waals surface area contributed by atoms with Crippen molar-refractivity contribution >= 4 is 11.0 Å². The molecule has 3 aromatic rings. The first-order valence-electron chi connectivity index (χ1n) is 6.51. The average Bonchev–Trinajstić information content (AvgIpc) is 2.50. The number of nitrogens with zero attached hydrogens (tertiary/aromatic N) is 2. The Kier molecular flexibility index (Phi) is 3.24. The number of para-hydroxylation sites is 2. The molecule has 3 rings (SSSR count). The largest absolute Gasteiger partial charge is 0.416 e. The highest BCUT2D eigenvalue weighted by atomic mass is 19.4. The van der Waals surface area contributed by atoms with Crippen LogP contribution in [0.1, 0.15) is 5.56 Å². The number of hydrogen-bond donors (Lipinski definition) is 0. The summed E-state index contributed by atoms with van der Waals surface area (Å²) in [6.45, 7) is 0. The fourth-order valence-electron chi connectivity index (χ4n) is 2.31. The van der Waals surface area contributed by atoms with Gasteiger partial charge < -0.3 is 4.57 Å². The van der Waals surface area contributed by atoms with E-state index in [9.17, 15) is 18.0 Å². The number of aromatic nitrogens is 2. The molecule has 0 saturated carbocycles. The highest BCUT2D eigenvalue weighted by Gasteiger charge is 2.30. The van der Waals surface area contributed by atoms with E-state index in [1.165, 1.54) is 16.7 Å². The first-order chi connectivity index (χ1) is 10.4. The zero-order valence-corrected chi connectivity index (χ0v) is 11.6. The lowest BCUT2D eigenvalue weighted by molar-refractivity contribution is -0.137. The summed E-state index contributed by atoms with van der Waals surface area (Å²) in [5, 5.41) is 0. The number of hydrogen-bond acceptors (Lipinski definition) is 2. The van der Waals surface area contributed by atoms with E-state index in [4.69, 9.17) is 0 Å². The van der Waals surface area contributed by atoms with Crippen molar-refractivity contribution < 1.29 is 13.2 Å². The molecule has 0 fully saturated rings. The second-order valence-corrected chi connectivity index (χ2v) is 4.89. The van der Waals surface area contributed by atoms with E-state index < -0.39 is 17.3 Å². The molecular formula is C16H11F3N2O. The molecule has 0 bridgehead atoms. The van der Waals surface area contributed by atoms with Crippen molar-refractivity contribution in [3.63, 3.8) is 0 Å². The Labute approximate surface area is 123 Å². The van der Waals surface area contributed by atoms with Crippen LogP contribution >= 0.6 is 0 Å². The van der Waals surface area contributed by atoms with Gasteiger partial charge in [-0.3, -0.25) is 4.79 Å². The lowest BCUT2D eigenvalue weighted by atomic mass is 10.1. The lowest BCUT2D eigenvalue weighted by Gasteiger charge is -2.10. The van der Waals surface area contributed by atoms with Crippen molar-refractivity contribution in [2.45, 2.75) is 6.18 Å². The lowest BCUT2D eigenvalue weighted by Crippen LogP contribution is -2.20. The van der Waals surface area contributed by atoms with Crippen molar-refractivity contribution in [2.75, 3.05) is 0 Å². The second-order valence-electron chi connectivity index (χ2n) is 4.89. The Hall–Kier alpha value is -2.63. The van der Waals surface area contributed by atoms with Crippen LogP contribution in [0.25, 0.3) is 22.3 Å². The minimum atomic E-state index is -4.46. The zero-order valence-electron chi connectivity index (χ0n) is 11.6. The number of aryl methyl sites for hydroxylation is 1. The van der Waals surface area contributed by atoms with Gasteiger partial charge in [-0.1, -0.05) is 24.3 Å². The summed E-state index contributed by atoms with van der Waals surface area (Å²) in [7, 11) is 1.57. The van der Waals surface area contributed by atoms with Crippen LogP contribution in [-0.4, -0.2) is 9.55 Å². The summed E-state index contributed by atoms with van der Waals surface area (Å²) >= 11 is 0. The van der Waals surface area contributed by atoms with Gasteiger partial charge in [-0.2, -0.15) is 13.2 Å². The van der Waals surface area contributed by atoms with Crippen molar-refractivity contribution in [3.8, 4) is 11.3 Å². The number of fused-ring (bicyclic) bond motifs is 1. The van der Waals surface area contributed by atoms with Crippen LogP contribution in [0.5, 0.6) is 0 Å². The Morgan fingerprint density at radius 1 is 1.05 bits per heavy atom. The first kappa shape index (κ1) is 14.3. The molecule has 2 aromatic carbocycles. The van der Waals surface area contributed by atoms with E-state index in [1.807, 2.05) is 0 Å². The minimum Gasteiger partial charge on any atom is -0.308 e. The summed E-state index contributed by atoms with van der Waals surface area (Å²) < 4.78 is 39.8. The smallest absolute Gasteiger partial charge is 0.308 e. The van der Waals surface area contributed by atoms with E-state index in [2.05, 4.69) is 4.98 Å². The normalized spacial score (nSPS) is 11.8. The third-order valence-electron chi connectivity index (χ3n) is 3.45. The van der Waals surface area contributed by atoms with Crippen LogP contribution in [0.3, 0.4) is 0 Å². The minimum absolute atomic E-state index is 0.00676. The molecule has 0 atom stereocenters. The molecule has 0 spiro atoms. The van der Waals surface area contributed by atoms with Crippen LogP contribution < -0.4 is 5.56 Å². The quantitative estimate of drug-likeness (QED) is 0.688. The van der Waals surface area contributed by atoms with Crippen molar-refractivity contribution in [1.29, 1.82) is 0 Å². The highest BCUT2D eigenvalue weighted by molar-refractivity contribution is 5.77. The molecule has 0 radical (unpaired) electrons. The van der Waals surface area contributed by atoms with E-state index in [0.29, 0.717) is 11.0 Å². The average molecular weight is 304 g/mol. The summed E-state index contributed by atoms with van der Waals surface area (Å²) in [5.74, 6) is 0. The van der Waals surface area contributed by atoms with E-state index in [-0.39, 0.29) is 11.3 Å². The molecule has 0 N–H and O–H groups in total.